The molecule has 0 saturated carbocycles. The van der Waals surface area contributed by atoms with Crippen LogP contribution in [0.3, 0.4) is 0 Å². The van der Waals surface area contributed by atoms with Crippen LogP contribution in [0.5, 0.6) is 5.75 Å². The summed E-state index contributed by atoms with van der Waals surface area (Å²) in [6, 6.07) is 15.1. The number of hydrazine groups is 1. The van der Waals surface area contributed by atoms with Crippen LogP contribution in [-0.4, -0.2) is 29.4 Å². The zero-order valence-corrected chi connectivity index (χ0v) is 23.5. The normalized spacial score (nSPS) is 10.4. The Kier molecular flexibility index (Phi) is 9.80. The number of nitrogens with one attached hydrogen (secondary N) is 4. The van der Waals surface area contributed by atoms with Crippen LogP contribution in [0.1, 0.15) is 24.0 Å². The van der Waals surface area contributed by atoms with Crippen LogP contribution in [0, 0.1) is 13.8 Å². The number of amides is 3. The molecule has 0 radical (unpaired) electrons. The first kappa shape index (κ1) is 27.6. The molecule has 3 aromatic rings. The van der Waals surface area contributed by atoms with Crippen LogP contribution in [0.4, 0.5) is 5.69 Å². The summed E-state index contributed by atoms with van der Waals surface area (Å²) >= 11 is 12.0. The molecule has 188 valence electrons. The van der Waals surface area contributed by atoms with E-state index in [-0.39, 0.29) is 30.5 Å². The fourth-order valence-corrected chi connectivity index (χ4v) is 4.30. The van der Waals surface area contributed by atoms with Gasteiger partial charge < -0.3 is 10.1 Å². The van der Waals surface area contributed by atoms with Gasteiger partial charge in [0.1, 0.15) is 5.75 Å². The number of rotatable bonds is 7. The summed E-state index contributed by atoms with van der Waals surface area (Å²) < 4.78 is 7.29. The average molecular weight is 636 g/mol. The standard InChI is InChI=1S/C25H24Br2N4O4S/c1-14-3-6-18(11-15(14)2)28-21(32)9-10-22(33)30-31-25(36)29-23(34)13-35-20-8-4-16-12-17(26)5-7-19(16)24(20)27/h3-8,11-12H,9-10,13H2,1-2H3,(H,28,32)(H,30,33)(H2,29,31,34,36). The van der Waals surface area contributed by atoms with Crippen molar-refractivity contribution in [3.8, 4) is 5.75 Å². The van der Waals surface area contributed by atoms with Crippen molar-refractivity contribution in [1.29, 1.82) is 0 Å². The Bertz CT molecular complexity index is 1330. The molecule has 0 aliphatic rings. The van der Waals surface area contributed by atoms with Crippen LogP contribution in [0.15, 0.2) is 57.5 Å². The predicted molar refractivity (Wildman–Crippen MR) is 151 cm³/mol. The summed E-state index contributed by atoms with van der Waals surface area (Å²) in [5.74, 6) is -0.734. The van der Waals surface area contributed by atoms with Gasteiger partial charge in [-0.15, -0.1) is 0 Å². The quantitative estimate of drug-likeness (QED) is 0.219. The van der Waals surface area contributed by atoms with Crippen LogP contribution in [-0.2, 0) is 14.4 Å². The van der Waals surface area contributed by atoms with Gasteiger partial charge in [0.15, 0.2) is 11.7 Å². The number of benzene rings is 3. The van der Waals surface area contributed by atoms with Gasteiger partial charge in [0.25, 0.3) is 5.91 Å². The van der Waals surface area contributed by atoms with Crippen LogP contribution in [0.2, 0.25) is 0 Å². The van der Waals surface area contributed by atoms with Crippen molar-refractivity contribution in [2.24, 2.45) is 0 Å². The lowest BCUT2D eigenvalue weighted by atomic mass is 10.1. The summed E-state index contributed by atoms with van der Waals surface area (Å²) in [5.41, 5.74) is 7.66. The van der Waals surface area contributed by atoms with E-state index in [0.29, 0.717) is 11.4 Å². The third-order valence-corrected chi connectivity index (χ3v) is 6.69. The molecule has 3 rings (SSSR count). The summed E-state index contributed by atoms with van der Waals surface area (Å²) in [4.78, 5) is 36.3. The third kappa shape index (κ3) is 8.00. The highest BCUT2D eigenvalue weighted by atomic mass is 79.9. The van der Waals surface area contributed by atoms with Gasteiger partial charge >= 0.3 is 0 Å². The maximum atomic E-state index is 12.2. The minimum Gasteiger partial charge on any atom is -0.483 e. The van der Waals surface area contributed by atoms with Crippen molar-refractivity contribution in [2.45, 2.75) is 26.7 Å². The molecule has 3 amide bonds. The van der Waals surface area contributed by atoms with E-state index in [1.807, 2.05) is 56.3 Å². The number of carbonyl (C=O) groups excluding carboxylic acids is 3. The van der Waals surface area contributed by atoms with Crippen molar-refractivity contribution in [3.05, 3.63) is 68.6 Å². The SMILES string of the molecule is Cc1ccc(NC(=O)CCC(=O)NNC(=S)NC(=O)COc2ccc3cc(Br)ccc3c2Br)cc1C. The molecule has 0 aromatic heterocycles. The molecule has 0 spiro atoms. The zero-order valence-electron chi connectivity index (χ0n) is 19.5. The van der Waals surface area contributed by atoms with Gasteiger partial charge in [0.2, 0.25) is 11.8 Å². The van der Waals surface area contributed by atoms with Crippen molar-refractivity contribution in [3.63, 3.8) is 0 Å². The van der Waals surface area contributed by atoms with Gasteiger partial charge in [-0.2, -0.15) is 0 Å². The molecule has 0 unspecified atom stereocenters. The summed E-state index contributed by atoms with van der Waals surface area (Å²) in [7, 11) is 0. The maximum absolute atomic E-state index is 12.2. The van der Waals surface area contributed by atoms with Crippen molar-refractivity contribution in [1.82, 2.24) is 16.2 Å². The Morgan fingerprint density at radius 3 is 2.36 bits per heavy atom. The Morgan fingerprint density at radius 2 is 1.61 bits per heavy atom. The highest BCUT2D eigenvalue weighted by Crippen LogP contribution is 2.34. The number of aryl methyl sites for hydroxylation is 2. The van der Waals surface area contributed by atoms with Gasteiger partial charge in [-0.05, 0) is 94.2 Å². The van der Waals surface area contributed by atoms with E-state index in [1.54, 1.807) is 6.07 Å². The lowest BCUT2D eigenvalue weighted by Crippen LogP contribution is -2.49. The monoisotopic (exact) mass is 634 g/mol. The lowest BCUT2D eigenvalue weighted by Gasteiger charge is -2.13. The highest BCUT2D eigenvalue weighted by molar-refractivity contribution is 9.11. The smallest absolute Gasteiger partial charge is 0.264 e. The number of hydrogen-bond acceptors (Lipinski definition) is 5. The van der Waals surface area contributed by atoms with Gasteiger partial charge in [-0.3, -0.25) is 30.6 Å². The second-order valence-electron chi connectivity index (χ2n) is 7.93. The topological polar surface area (TPSA) is 109 Å². The molecule has 0 heterocycles. The van der Waals surface area contributed by atoms with E-state index in [1.165, 1.54) is 0 Å². The number of thiocarbonyl (C=S) groups is 1. The molecule has 36 heavy (non-hydrogen) atoms. The second-order valence-corrected chi connectivity index (χ2v) is 10.0. The average Bonchev–Trinajstić information content (AvgIpc) is 2.83. The van der Waals surface area contributed by atoms with Crippen molar-refractivity contribution < 1.29 is 19.1 Å². The minimum atomic E-state index is -0.502. The van der Waals surface area contributed by atoms with E-state index in [0.717, 1.165) is 30.8 Å². The molecule has 0 aliphatic carbocycles. The third-order valence-electron chi connectivity index (χ3n) is 5.18. The fraction of sp³-hybridized carbons (Fsp3) is 0.200. The molecular weight excluding hydrogens is 612 g/mol. The molecule has 0 bridgehead atoms. The van der Waals surface area contributed by atoms with Gasteiger partial charge in [0, 0.05) is 23.0 Å². The molecule has 0 aliphatic heterocycles. The van der Waals surface area contributed by atoms with E-state index in [4.69, 9.17) is 17.0 Å². The molecule has 0 saturated heterocycles. The molecular formula is C25H24Br2N4O4S. The maximum Gasteiger partial charge on any atom is 0.264 e. The molecule has 8 nitrogen and oxygen atoms in total. The number of ether oxygens (including phenoxy) is 1. The molecule has 0 atom stereocenters. The number of anilines is 1. The Morgan fingerprint density at radius 1 is 0.861 bits per heavy atom. The van der Waals surface area contributed by atoms with E-state index >= 15 is 0 Å². The largest absolute Gasteiger partial charge is 0.483 e. The minimum absolute atomic E-state index is 0.00894. The second kappa shape index (κ2) is 12.8. The molecule has 3 aromatic carbocycles. The Hall–Kier alpha value is -3.02. The number of halogens is 2. The van der Waals surface area contributed by atoms with Gasteiger partial charge in [0.05, 0.1) is 4.47 Å². The van der Waals surface area contributed by atoms with Crippen molar-refractivity contribution in [2.75, 3.05) is 11.9 Å². The van der Waals surface area contributed by atoms with Crippen LogP contribution >= 0.6 is 44.1 Å². The van der Waals surface area contributed by atoms with E-state index in [2.05, 4.69) is 53.3 Å². The van der Waals surface area contributed by atoms with Gasteiger partial charge in [-0.25, -0.2) is 0 Å². The summed E-state index contributed by atoms with van der Waals surface area (Å²) in [6.07, 6.45) is -0.0686. The first-order chi connectivity index (χ1) is 17.1. The van der Waals surface area contributed by atoms with Gasteiger partial charge in [-0.1, -0.05) is 34.1 Å². The Balaban J connectivity index is 1.37. The number of fused-ring (bicyclic) bond motifs is 1. The fourth-order valence-electron chi connectivity index (χ4n) is 3.15. The van der Waals surface area contributed by atoms with E-state index < -0.39 is 11.8 Å². The lowest BCUT2D eigenvalue weighted by molar-refractivity contribution is -0.125. The van der Waals surface area contributed by atoms with Crippen LogP contribution < -0.4 is 26.2 Å². The predicted octanol–water partition coefficient (Wildman–Crippen LogP) is 4.80. The molecule has 4 N–H and O–H groups in total. The van der Waals surface area contributed by atoms with Crippen LogP contribution in [0.25, 0.3) is 10.8 Å². The van der Waals surface area contributed by atoms with E-state index in [9.17, 15) is 14.4 Å². The Labute approximate surface area is 230 Å². The summed E-state index contributed by atoms with van der Waals surface area (Å²) in [6.45, 7) is 3.66. The van der Waals surface area contributed by atoms with Crippen molar-refractivity contribution >= 4 is 83.4 Å². The first-order valence-electron chi connectivity index (χ1n) is 10.9. The molecule has 11 heteroatoms. The molecule has 0 fully saturated rings. The summed E-state index contributed by atoms with van der Waals surface area (Å²) in [5, 5.41) is 7.03. The zero-order chi connectivity index (χ0) is 26.2. The first-order valence-corrected chi connectivity index (χ1v) is 12.9. The number of carbonyl (C=O) groups is 3. The number of hydrogen-bond donors (Lipinski definition) is 4. The highest BCUT2D eigenvalue weighted by Gasteiger charge is 2.12.